The van der Waals surface area contributed by atoms with Gasteiger partial charge in [0.05, 0.1) is 6.16 Å². The molecular formula is C9H25O3P. The first-order valence-electron chi connectivity index (χ1n) is 3.78. The second-order valence-electron chi connectivity index (χ2n) is 2.67. The van der Waals surface area contributed by atoms with Crippen LogP contribution in [0.2, 0.25) is 0 Å². The maximum atomic E-state index is 11.5. The van der Waals surface area contributed by atoms with Crippen LogP contribution < -0.4 is 0 Å². The number of hydrogen-bond acceptors (Lipinski definition) is 3. The Bertz CT molecular complexity index is 140. The van der Waals surface area contributed by atoms with E-state index < -0.39 is 7.60 Å². The van der Waals surface area contributed by atoms with Crippen LogP contribution in [0.1, 0.15) is 35.1 Å². The van der Waals surface area contributed by atoms with E-state index in [9.17, 15) is 4.57 Å². The van der Waals surface area contributed by atoms with Crippen molar-refractivity contribution in [1.82, 2.24) is 0 Å². The van der Waals surface area contributed by atoms with Crippen molar-refractivity contribution in [2.45, 2.75) is 35.1 Å². The molecule has 0 aliphatic heterocycles. The minimum Gasteiger partial charge on any atom is -0.312 e. The molecule has 0 saturated heterocycles. The summed E-state index contributed by atoms with van der Waals surface area (Å²) < 4.78 is 21.1. The van der Waals surface area contributed by atoms with E-state index in [1.165, 1.54) is 14.2 Å². The molecule has 1 atom stereocenters. The summed E-state index contributed by atoms with van der Waals surface area (Å²) in [4.78, 5) is 0. The molecule has 0 spiro atoms. The zero-order valence-electron chi connectivity index (χ0n) is 7.66. The summed E-state index contributed by atoms with van der Waals surface area (Å²) in [6.07, 6.45) is 1.51. The van der Waals surface area contributed by atoms with E-state index in [0.717, 1.165) is 6.42 Å². The summed E-state index contributed by atoms with van der Waals surface area (Å²) >= 11 is 0. The molecule has 0 heterocycles. The van der Waals surface area contributed by atoms with Crippen LogP contribution in [-0.4, -0.2) is 20.4 Å². The Kier molecular flexibility index (Phi) is 12.7. The molecule has 3 nitrogen and oxygen atoms in total. The Balaban J connectivity index is -0.000000500. The molecule has 0 aromatic heterocycles. The molecule has 0 aromatic rings. The van der Waals surface area contributed by atoms with E-state index in [4.69, 9.17) is 9.05 Å². The first-order chi connectivity index (χ1) is 5.08. The lowest BCUT2D eigenvalue weighted by Gasteiger charge is -2.16. The van der Waals surface area contributed by atoms with Crippen LogP contribution in [0.4, 0.5) is 0 Å². The molecule has 1 unspecified atom stereocenters. The highest BCUT2D eigenvalue weighted by atomic mass is 31.2. The normalized spacial score (nSPS) is 12.6. The minimum absolute atomic E-state index is 0. The van der Waals surface area contributed by atoms with E-state index in [1.54, 1.807) is 0 Å². The molecule has 0 saturated carbocycles. The van der Waals surface area contributed by atoms with Gasteiger partial charge in [0.25, 0.3) is 0 Å². The minimum atomic E-state index is -2.75. The molecule has 0 radical (unpaired) electrons. The highest BCUT2D eigenvalue weighted by Crippen LogP contribution is 2.48. The number of hydrogen-bond donors (Lipinski definition) is 0. The molecule has 13 heavy (non-hydrogen) atoms. The zero-order chi connectivity index (χ0) is 8.91. The molecule has 4 heteroatoms. The molecular weight excluding hydrogens is 187 g/mol. The fraction of sp³-hybridized carbons (Fsp3) is 1.00. The Morgan fingerprint density at radius 2 is 1.62 bits per heavy atom. The largest absolute Gasteiger partial charge is 0.330 e. The van der Waals surface area contributed by atoms with Crippen molar-refractivity contribution in [3.8, 4) is 0 Å². The van der Waals surface area contributed by atoms with Crippen molar-refractivity contribution in [2.24, 2.45) is 5.92 Å². The lowest BCUT2D eigenvalue weighted by Crippen LogP contribution is -2.03. The van der Waals surface area contributed by atoms with Gasteiger partial charge in [0.2, 0.25) is 0 Å². The van der Waals surface area contributed by atoms with Crippen molar-refractivity contribution in [3.05, 3.63) is 0 Å². The predicted octanol–water partition coefficient (Wildman–Crippen LogP) is 3.79. The summed E-state index contributed by atoms with van der Waals surface area (Å²) in [5, 5.41) is 0. The first kappa shape index (κ1) is 18.8. The van der Waals surface area contributed by atoms with Gasteiger partial charge in [-0.2, -0.15) is 0 Å². The fourth-order valence-electron chi connectivity index (χ4n) is 0.734. The summed E-state index contributed by atoms with van der Waals surface area (Å²) in [5.41, 5.74) is 0. The Labute approximate surface area is 83.4 Å². The monoisotopic (exact) mass is 212 g/mol. The summed E-state index contributed by atoms with van der Waals surface area (Å²) in [6, 6.07) is 0. The van der Waals surface area contributed by atoms with Gasteiger partial charge < -0.3 is 9.05 Å². The quantitative estimate of drug-likeness (QED) is 0.650. The summed E-state index contributed by atoms with van der Waals surface area (Å²) in [7, 11) is 0.0927. The molecule has 0 aliphatic rings. The molecule has 0 bridgehead atoms. The molecule has 0 N–H and O–H groups in total. The van der Waals surface area contributed by atoms with E-state index in [-0.39, 0.29) is 14.9 Å². The lowest BCUT2D eigenvalue weighted by atomic mass is 10.2. The van der Waals surface area contributed by atoms with E-state index in [1.807, 2.05) is 6.92 Å². The van der Waals surface area contributed by atoms with Crippen LogP contribution in [0.25, 0.3) is 0 Å². The Hall–Kier alpha value is 0.150. The van der Waals surface area contributed by atoms with Crippen LogP contribution in [-0.2, 0) is 13.6 Å². The van der Waals surface area contributed by atoms with Gasteiger partial charge in [-0.25, -0.2) is 0 Å². The van der Waals surface area contributed by atoms with Crippen LogP contribution in [0.3, 0.4) is 0 Å². The smallest absolute Gasteiger partial charge is 0.312 e. The summed E-state index contributed by atoms with van der Waals surface area (Å²) in [5.74, 6) is 0.390. The van der Waals surface area contributed by atoms with Gasteiger partial charge in [-0.1, -0.05) is 35.1 Å². The first-order valence-corrected chi connectivity index (χ1v) is 5.51. The second-order valence-corrected chi connectivity index (χ2v) is 4.99. The van der Waals surface area contributed by atoms with Gasteiger partial charge in [0.1, 0.15) is 0 Å². The summed E-state index contributed by atoms with van der Waals surface area (Å²) in [6.45, 7) is 4.09. The van der Waals surface area contributed by atoms with Gasteiger partial charge >= 0.3 is 7.60 Å². The van der Waals surface area contributed by atoms with Crippen LogP contribution >= 0.6 is 7.60 Å². The molecule has 0 rings (SSSR count). The fourth-order valence-corrected chi connectivity index (χ4v) is 2.20. The molecule has 0 aromatic carbocycles. The highest BCUT2D eigenvalue weighted by molar-refractivity contribution is 7.53. The lowest BCUT2D eigenvalue weighted by molar-refractivity contribution is 0.270. The Morgan fingerprint density at radius 3 is 1.85 bits per heavy atom. The maximum absolute atomic E-state index is 11.5. The maximum Gasteiger partial charge on any atom is 0.330 e. The topological polar surface area (TPSA) is 35.5 Å². The van der Waals surface area contributed by atoms with Gasteiger partial charge in [-0.15, -0.1) is 0 Å². The standard InChI is InChI=1S/C7H17O3P.2CH4/c1-5-7(2)6-11(8,9-3)10-4;;/h7H,5-6H2,1-4H3;2*1H4. The van der Waals surface area contributed by atoms with E-state index in [0.29, 0.717) is 12.1 Å². The van der Waals surface area contributed by atoms with Gasteiger partial charge in [-0.3, -0.25) is 4.57 Å². The second kappa shape index (κ2) is 8.74. The predicted molar refractivity (Wildman–Crippen MR) is 59.4 cm³/mol. The average Bonchev–Trinajstić information content (AvgIpc) is 2.04. The highest BCUT2D eigenvalue weighted by Gasteiger charge is 2.23. The van der Waals surface area contributed by atoms with Crippen molar-refractivity contribution >= 4 is 7.60 Å². The van der Waals surface area contributed by atoms with Crippen molar-refractivity contribution in [1.29, 1.82) is 0 Å². The average molecular weight is 212 g/mol. The van der Waals surface area contributed by atoms with Crippen molar-refractivity contribution in [2.75, 3.05) is 20.4 Å². The van der Waals surface area contributed by atoms with Crippen molar-refractivity contribution in [3.63, 3.8) is 0 Å². The number of rotatable bonds is 5. The zero-order valence-corrected chi connectivity index (χ0v) is 8.56. The third-order valence-electron chi connectivity index (χ3n) is 1.79. The van der Waals surface area contributed by atoms with Gasteiger partial charge in [-0.05, 0) is 5.92 Å². The third-order valence-corrected chi connectivity index (χ3v) is 3.97. The van der Waals surface area contributed by atoms with Crippen LogP contribution in [0.15, 0.2) is 0 Å². The van der Waals surface area contributed by atoms with Gasteiger partial charge in [0, 0.05) is 14.2 Å². The molecule has 84 valence electrons. The van der Waals surface area contributed by atoms with E-state index in [2.05, 4.69) is 6.92 Å². The molecule has 0 aliphatic carbocycles. The van der Waals surface area contributed by atoms with E-state index >= 15 is 0 Å². The van der Waals surface area contributed by atoms with Gasteiger partial charge in [0.15, 0.2) is 0 Å². The van der Waals surface area contributed by atoms with Crippen molar-refractivity contribution < 1.29 is 13.6 Å². The Morgan fingerprint density at radius 1 is 1.23 bits per heavy atom. The SMILES string of the molecule is C.C.CCC(C)CP(=O)(OC)OC. The third kappa shape index (κ3) is 7.24. The van der Waals surface area contributed by atoms with Crippen LogP contribution in [0.5, 0.6) is 0 Å². The molecule has 0 amide bonds. The van der Waals surface area contributed by atoms with Crippen LogP contribution in [0, 0.1) is 5.92 Å². The molecule has 0 fully saturated rings.